The van der Waals surface area contributed by atoms with Crippen LogP contribution in [0.25, 0.3) is 0 Å². The van der Waals surface area contributed by atoms with Gasteiger partial charge in [0.15, 0.2) is 11.5 Å². The van der Waals surface area contributed by atoms with E-state index in [1.54, 1.807) is 13.2 Å². The number of hydrogen-bond donors (Lipinski definition) is 2. The molecule has 0 amide bonds. The highest BCUT2D eigenvalue weighted by Crippen LogP contribution is 2.59. The Labute approximate surface area is 158 Å². The van der Waals surface area contributed by atoms with E-state index in [-0.39, 0.29) is 17.6 Å². The van der Waals surface area contributed by atoms with Crippen LogP contribution < -0.4 is 4.74 Å². The largest absolute Gasteiger partial charge is 0.504 e. The highest BCUT2D eigenvalue weighted by atomic mass is 16.5. The highest BCUT2D eigenvalue weighted by molar-refractivity contribution is 5.78. The lowest BCUT2D eigenvalue weighted by Crippen LogP contribution is -2.49. The molecule has 2 aliphatic heterocycles. The SMILES string of the molecule is COc1cc(C2c3ccccc3CC3(C(=O)O)CN4CCC4C23)ccc1O. The Balaban J connectivity index is 1.73. The van der Waals surface area contributed by atoms with E-state index in [4.69, 9.17) is 4.74 Å². The van der Waals surface area contributed by atoms with Crippen LogP contribution in [-0.2, 0) is 11.2 Å². The molecule has 2 aromatic carbocycles. The number of hydrogen-bond acceptors (Lipinski definition) is 4. The number of phenols is 1. The van der Waals surface area contributed by atoms with Gasteiger partial charge in [-0.05, 0) is 48.2 Å². The molecule has 3 aliphatic rings. The van der Waals surface area contributed by atoms with Crippen LogP contribution in [0, 0.1) is 11.3 Å². The van der Waals surface area contributed by atoms with Gasteiger partial charge in [0.2, 0.25) is 0 Å². The molecule has 140 valence electrons. The summed E-state index contributed by atoms with van der Waals surface area (Å²) in [5.74, 6) is -0.151. The first-order valence-corrected chi connectivity index (χ1v) is 9.47. The van der Waals surface area contributed by atoms with E-state index in [0.717, 1.165) is 24.1 Å². The average Bonchev–Trinajstić information content (AvgIpc) is 2.88. The Morgan fingerprint density at radius 1 is 1.26 bits per heavy atom. The second-order valence-electron chi connectivity index (χ2n) is 8.10. The van der Waals surface area contributed by atoms with Crippen molar-refractivity contribution in [2.24, 2.45) is 11.3 Å². The molecule has 2 fully saturated rings. The first-order chi connectivity index (χ1) is 13.0. The summed E-state index contributed by atoms with van der Waals surface area (Å²) in [7, 11) is 1.54. The van der Waals surface area contributed by atoms with Crippen LogP contribution in [0.15, 0.2) is 42.5 Å². The number of ether oxygens (including phenoxy) is 1. The van der Waals surface area contributed by atoms with Gasteiger partial charge < -0.3 is 14.9 Å². The van der Waals surface area contributed by atoms with Gasteiger partial charge in [-0.15, -0.1) is 0 Å². The van der Waals surface area contributed by atoms with Gasteiger partial charge in [0, 0.05) is 24.4 Å². The summed E-state index contributed by atoms with van der Waals surface area (Å²) in [6.07, 6.45) is 1.63. The standard InChI is InChI=1S/C22H23NO4/c1-27-18-10-13(6-7-17(18)24)19-15-5-3-2-4-14(15)11-22(21(25)26)12-23-9-8-16(23)20(19)22/h2-7,10,16,19-20,24H,8-9,11-12H2,1H3,(H,25,26). The molecule has 2 N–H and O–H groups in total. The van der Waals surface area contributed by atoms with E-state index >= 15 is 0 Å². The van der Waals surface area contributed by atoms with E-state index in [9.17, 15) is 15.0 Å². The number of carboxylic acid groups (broad SMARTS) is 1. The van der Waals surface area contributed by atoms with Gasteiger partial charge in [0.25, 0.3) is 0 Å². The molecule has 2 aromatic rings. The molecule has 0 saturated carbocycles. The maximum Gasteiger partial charge on any atom is 0.311 e. The fourth-order valence-corrected chi connectivity index (χ4v) is 5.71. The number of carboxylic acids is 1. The average molecular weight is 365 g/mol. The third-order valence-corrected chi connectivity index (χ3v) is 6.96. The molecule has 2 saturated heterocycles. The zero-order valence-electron chi connectivity index (χ0n) is 15.3. The molecule has 2 heterocycles. The normalized spacial score (nSPS) is 31.4. The van der Waals surface area contributed by atoms with Gasteiger partial charge in [0.05, 0.1) is 12.5 Å². The summed E-state index contributed by atoms with van der Waals surface area (Å²) in [6, 6.07) is 14.0. The Bertz CT molecular complexity index is 926. The fourth-order valence-electron chi connectivity index (χ4n) is 5.71. The van der Waals surface area contributed by atoms with Crippen LogP contribution in [0.2, 0.25) is 0 Å². The van der Waals surface area contributed by atoms with Crippen LogP contribution in [0.1, 0.15) is 29.0 Å². The lowest BCUT2D eigenvalue weighted by atomic mass is 9.57. The monoisotopic (exact) mass is 365 g/mol. The molecule has 5 heteroatoms. The molecule has 0 spiro atoms. The number of nitrogens with zero attached hydrogens (tertiary/aromatic N) is 1. The van der Waals surface area contributed by atoms with Gasteiger partial charge >= 0.3 is 5.97 Å². The van der Waals surface area contributed by atoms with E-state index < -0.39 is 11.4 Å². The lowest BCUT2D eigenvalue weighted by Gasteiger charge is -2.45. The Morgan fingerprint density at radius 3 is 2.78 bits per heavy atom. The zero-order chi connectivity index (χ0) is 18.8. The summed E-state index contributed by atoms with van der Waals surface area (Å²) in [5.41, 5.74) is 2.59. The van der Waals surface area contributed by atoms with Crippen LogP contribution in [-0.4, -0.2) is 47.3 Å². The topological polar surface area (TPSA) is 70.0 Å². The predicted octanol–water partition coefficient (Wildman–Crippen LogP) is 2.86. The van der Waals surface area contributed by atoms with Gasteiger partial charge in [-0.1, -0.05) is 30.3 Å². The molecule has 0 radical (unpaired) electrons. The number of fused-ring (bicyclic) bond motifs is 4. The Kier molecular flexibility index (Phi) is 3.53. The molecule has 0 bridgehead atoms. The van der Waals surface area contributed by atoms with Crippen molar-refractivity contribution in [3.63, 3.8) is 0 Å². The summed E-state index contributed by atoms with van der Waals surface area (Å²) in [6.45, 7) is 1.61. The molecule has 5 rings (SSSR count). The first kappa shape index (κ1) is 16.6. The summed E-state index contributed by atoms with van der Waals surface area (Å²) < 4.78 is 5.33. The van der Waals surface area contributed by atoms with Crippen LogP contribution in [0.4, 0.5) is 0 Å². The van der Waals surface area contributed by atoms with Crippen molar-refractivity contribution < 1.29 is 19.7 Å². The number of methoxy groups -OCH3 is 1. The van der Waals surface area contributed by atoms with Gasteiger partial charge in [-0.25, -0.2) is 0 Å². The van der Waals surface area contributed by atoms with Crippen molar-refractivity contribution in [1.29, 1.82) is 0 Å². The predicted molar refractivity (Wildman–Crippen MR) is 100 cm³/mol. The van der Waals surface area contributed by atoms with Gasteiger partial charge in [-0.3, -0.25) is 9.69 Å². The molecule has 27 heavy (non-hydrogen) atoms. The molecule has 5 nitrogen and oxygen atoms in total. The smallest absolute Gasteiger partial charge is 0.311 e. The van der Waals surface area contributed by atoms with Crippen molar-refractivity contribution in [2.45, 2.75) is 24.8 Å². The number of benzene rings is 2. The molecule has 4 atom stereocenters. The van der Waals surface area contributed by atoms with Crippen LogP contribution in [0.3, 0.4) is 0 Å². The second-order valence-corrected chi connectivity index (χ2v) is 8.10. The molecule has 4 unspecified atom stereocenters. The van der Waals surface area contributed by atoms with Gasteiger partial charge in [-0.2, -0.15) is 0 Å². The summed E-state index contributed by atoms with van der Waals surface area (Å²) >= 11 is 0. The minimum atomic E-state index is -0.759. The molecular formula is C22H23NO4. The Hall–Kier alpha value is -2.53. The number of phenolic OH excluding ortho intramolecular Hbond substituents is 1. The van der Waals surface area contributed by atoms with Crippen molar-refractivity contribution in [3.05, 3.63) is 59.2 Å². The molecule has 0 aromatic heterocycles. The van der Waals surface area contributed by atoms with Crippen LogP contribution >= 0.6 is 0 Å². The van der Waals surface area contributed by atoms with E-state index in [1.165, 1.54) is 5.56 Å². The van der Waals surface area contributed by atoms with Crippen molar-refractivity contribution in [2.75, 3.05) is 20.2 Å². The van der Waals surface area contributed by atoms with E-state index in [0.29, 0.717) is 24.8 Å². The summed E-state index contributed by atoms with van der Waals surface area (Å²) in [4.78, 5) is 14.9. The minimum Gasteiger partial charge on any atom is -0.504 e. The third kappa shape index (κ3) is 2.18. The minimum absolute atomic E-state index is 0.0177. The fraction of sp³-hybridized carbons (Fsp3) is 0.409. The molecular weight excluding hydrogens is 342 g/mol. The van der Waals surface area contributed by atoms with E-state index in [1.807, 2.05) is 24.3 Å². The lowest BCUT2D eigenvalue weighted by molar-refractivity contribution is -0.151. The highest BCUT2D eigenvalue weighted by Gasteiger charge is 2.64. The quantitative estimate of drug-likeness (QED) is 0.875. The molecule has 1 aliphatic carbocycles. The van der Waals surface area contributed by atoms with Crippen molar-refractivity contribution >= 4 is 5.97 Å². The van der Waals surface area contributed by atoms with Crippen LogP contribution in [0.5, 0.6) is 11.5 Å². The maximum absolute atomic E-state index is 12.5. The van der Waals surface area contributed by atoms with Gasteiger partial charge in [0.1, 0.15) is 0 Å². The van der Waals surface area contributed by atoms with E-state index in [2.05, 4.69) is 17.0 Å². The number of rotatable bonds is 3. The summed E-state index contributed by atoms with van der Waals surface area (Å²) in [5, 5.41) is 20.3. The van der Waals surface area contributed by atoms with Crippen molar-refractivity contribution in [1.82, 2.24) is 4.90 Å². The number of carbonyl (C=O) groups is 1. The number of aliphatic carboxylic acids is 1. The Morgan fingerprint density at radius 2 is 2.07 bits per heavy atom. The third-order valence-electron chi connectivity index (χ3n) is 6.96. The first-order valence-electron chi connectivity index (χ1n) is 9.47. The zero-order valence-corrected chi connectivity index (χ0v) is 15.3. The maximum atomic E-state index is 12.5. The van der Waals surface area contributed by atoms with Crippen molar-refractivity contribution in [3.8, 4) is 11.5 Å². The number of aromatic hydroxyl groups is 1. The second kappa shape index (κ2) is 5.73.